The predicted molar refractivity (Wildman–Crippen MR) is 70.1 cm³/mol. The number of aryl methyl sites for hydroxylation is 1. The van der Waals surface area contributed by atoms with E-state index in [4.69, 9.17) is 23.2 Å². The zero-order chi connectivity index (χ0) is 13.1. The second kappa shape index (κ2) is 5.37. The van der Waals surface area contributed by atoms with Gasteiger partial charge in [0.15, 0.2) is 0 Å². The fourth-order valence-corrected chi connectivity index (χ4v) is 1.73. The number of hydrogen-bond acceptors (Lipinski definition) is 3. The molecular weight excluding hydrogens is 275 g/mol. The molecule has 0 spiro atoms. The smallest absolute Gasteiger partial charge is 0.257 e. The summed E-state index contributed by atoms with van der Waals surface area (Å²) >= 11 is 11.6. The van der Waals surface area contributed by atoms with Crippen molar-refractivity contribution in [2.24, 2.45) is 0 Å². The van der Waals surface area contributed by atoms with Gasteiger partial charge in [0.05, 0.1) is 22.5 Å². The predicted octanol–water partition coefficient (Wildman–Crippen LogP) is 2.86. The lowest BCUT2D eigenvalue weighted by Crippen LogP contribution is -2.12. The van der Waals surface area contributed by atoms with Gasteiger partial charge in [0, 0.05) is 18.9 Å². The normalized spacial score (nSPS) is 10.4. The first-order valence-corrected chi connectivity index (χ1v) is 6.00. The van der Waals surface area contributed by atoms with E-state index in [1.54, 1.807) is 17.1 Å². The zero-order valence-electron chi connectivity index (χ0n) is 9.52. The number of aromatic nitrogens is 3. The average molecular weight is 285 g/mol. The number of nitrogens with zero attached hydrogens (tertiary/aromatic N) is 3. The van der Waals surface area contributed by atoms with Crippen molar-refractivity contribution >= 4 is 34.8 Å². The first-order valence-electron chi connectivity index (χ1n) is 5.25. The molecule has 0 bridgehead atoms. The maximum Gasteiger partial charge on any atom is 0.257 e. The Morgan fingerprint density at radius 2 is 2.22 bits per heavy atom. The Hall–Kier alpha value is -1.59. The van der Waals surface area contributed by atoms with Crippen LogP contribution in [0.3, 0.4) is 0 Å². The van der Waals surface area contributed by atoms with Gasteiger partial charge in [-0.25, -0.2) is 4.98 Å². The molecule has 7 heteroatoms. The van der Waals surface area contributed by atoms with E-state index in [1.807, 2.05) is 6.92 Å². The van der Waals surface area contributed by atoms with Gasteiger partial charge in [-0.2, -0.15) is 5.10 Å². The Morgan fingerprint density at radius 1 is 1.44 bits per heavy atom. The number of pyridine rings is 1. The maximum atomic E-state index is 12.0. The highest BCUT2D eigenvalue weighted by Crippen LogP contribution is 2.19. The number of hydrogen-bond donors (Lipinski definition) is 1. The third-order valence-corrected chi connectivity index (χ3v) is 2.79. The van der Waals surface area contributed by atoms with E-state index in [0.29, 0.717) is 5.69 Å². The van der Waals surface area contributed by atoms with E-state index in [0.717, 1.165) is 6.54 Å². The quantitative estimate of drug-likeness (QED) is 0.882. The van der Waals surface area contributed by atoms with Gasteiger partial charge >= 0.3 is 0 Å². The number of anilines is 1. The maximum absolute atomic E-state index is 12.0. The minimum absolute atomic E-state index is 0.216. The van der Waals surface area contributed by atoms with Crippen molar-refractivity contribution in [1.82, 2.24) is 14.8 Å². The van der Waals surface area contributed by atoms with Crippen LogP contribution >= 0.6 is 23.2 Å². The van der Waals surface area contributed by atoms with Crippen LogP contribution in [0.1, 0.15) is 17.3 Å². The molecule has 2 rings (SSSR count). The van der Waals surface area contributed by atoms with Gasteiger partial charge in [0.1, 0.15) is 5.15 Å². The number of carbonyl (C=O) groups is 1. The first kappa shape index (κ1) is 12.9. The zero-order valence-corrected chi connectivity index (χ0v) is 11.0. The number of nitrogens with one attached hydrogen (secondary N) is 1. The standard InChI is InChI=1S/C11H10Cl2N4O/c1-2-17-6-7(4-15-17)16-11(18)8-3-10(13)14-5-9(8)12/h3-6H,2H2,1H3,(H,16,18). The highest BCUT2D eigenvalue weighted by molar-refractivity contribution is 6.35. The second-order valence-electron chi connectivity index (χ2n) is 3.53. The second-order valence-corrected chi connectivity index (χ2v) is 4.32. The van der Waals surface area contributed by atoms with Crippen molar-refractivity contribution in [3.05, 3.63) is 40.4 Å². The van der Waals surface area contributed by atoms with E-state index < -0.39 is 0 Å². The van der Waals surface area contributed by atoms with Crippen LogP contribution < -0.4 is 5.32 Å². The lowest BCUT2D eigenvalue weighted by atomic mass is 10.2. The van der Waals surface area contributed by atoms with Gasteiger partial charge in [-0.3, -0.25) is 9.48 Å². The van der Waals surface area contributed by atoms with E-state index in [-0.39, 0.29) is 21.6 Å². The summed E-state index contributed by atoms with van der Waals surface area (Å²) in [5.74, 6) is -0.347. The van der Waals surface area contributed by atoms with Crippen LogP contribution in [0.4, 0.5) is 5.69 Å². The Bertz CT molecular complexity index is 582. The molecule has 18 heavy (non-hydrogen) atoms. The molecule has 0 fully saturated rings. The molecule has 2 heterocycles. The van der Waals surface area contributed by atoms with Crippen LogP contribution in [-0.4, -0.2) is 20.7 Å². The topological polar surface area (TPSA) is 59.8 Å². The van der Waals surface area contributed by atoms with Gasteiger partial charge in [-0.15, -0.1) is 0 Å². The molecule has 2 aromatic heterocycles. The molecule has 0 aliphatic carbocycles. The molecule has 0 saturated carbocycles. The SMILES string of the molecule is CCn1cc(NC(=O)c2cc(Cl)ncc2Cl)cn1. The summed E-state index contributed by atoms with van der Waals surface area (Å²) in [7, 11) is 0. The highest BCUT2D eigenvalue weighted by Gasteiger charge is 2.12. The van der Waals surface area contributed by atoms with Crippen LogP contribution in [-0.2, 0) is 6.54 Å². The third-order valence-electron chi connectivity index (χ3n) is 2.28. The van der Waals surface area contributed by atoms with E-state index in [2.05, 4.69) is 15.4 Å². The summed E-state index contributed by atoms with van der Waals surface area (Å²) in [5, 5.41) is 7.21. The van der Waals surface area contributed by atoms with Crippen LogP contribution in [0.2, 0.25) is 10.2 Å². The highest BCUT2D eigenvalue weighted by atomic mass is 35.5. The number of amides is 1. The number of halogens is 2. The molecule has 0 aliphatic heterocycles. The summed E-state index contributed by atoms with van der Waals surface area (Å²) in [5.41, 5.74) is 0.881. The molecule has 0 saturated heterocycles. The molecule has 0 unspecified atom stereocenters. The fourth-order valence-electron chi connectivity index (χ4n) is 1.39. The molecule has 0 radical (unpaired) electrons. The Balaban J connectivity index is 2.19. The molecule has 94 valence electrons. The van der Waals surface area contributed by atoms with Crippen LogP contribution in [0.5, 0.6) is 0 Å². The van der Waals surface area contributed by atoms with Gasteiger partial charge < -0.3 is 5.32 Å². The molecule has 2 aromatic rings. The first-order chi connectivity index (χ1) is 8.60. The molecule has 1 amide bonds. The Kier molecular flexibility index (Phi) is 3.84. The molecular formula is C11H10Cl2N4O. The van der Waals surface area contributed by atoms with Crippen molar-refractivity contribution in [2.75, 3.05) is 5.32 Å². The summed E-state index contributed by atoms with van der Waals surface area (Å²) in [6, 6.07) is 1.42. The summed E-state index contributed by atoms with van der Waals surface area (Å²) in [6.45, 7) is 2.69. The molecule has 1 N–H and O–H groups in total. The summed E-state index contributed by atoms with van der Waals surface area (Å²) < 4.78 is 1.71. The lowest BCUT2D eigenvalue weighted by molar-refractivity contribution is 0.102. The van der Waals surface area contributed by atoms with Gasteiger partial charge in [-0.1, -0.05) is 23.2 Å². The Labute approximate surface area is 114 Å². The molecule has 0 aliphatic rings. The van der Waals surface area contributed by atoms with Crippen molar-refractivity contribution in [2.45, 2.75) is 13.5 Å². The fraction of sp³-hybridized carbons (Fsp3) is 0.182. The molecule has 0 atom stereocenters. The van der Waals surface area contributed by atoms with Gasteiger partial charge in [0.25, 0.3) is 5.91 Å². The lowest BCUT2D eigenvalue weighted by Gasteiger charge is -2.04. The Morgan fingerprint density at radius 3 is 2.89 bits per heavy atom. The average Bonchev–Trinajstić information content (AvgIpc) is 2.80. The number of rotatable bonds is 3. The van der Waals surface area contributed by atoms with Crippen LogP contribution in [0.25, 0.3) is 0 Å². The van der Waals surface area contributed by atoms with Crippen LogP contribution in [0, 0.1) is 0 Å². The van der Waals surface area contributed by atoms with Crippen LogP contribution in [0.15, 0.2) is 24.7 Å². The molecule has 0 aromatic carbocycles. The van der Waals surface area contributed by atoms with Gasteiger partial charge in [0.2, 0.25) is 0 Å². The largest absolute Gasteiger partial charge is 0.319 e. The monoisotopic (exact) mass is 284 g/mol. The summed E-state index contributed by atoms with van der Waals surface area (Å²) in [4.78, 5) is 15.7. The third kappa shape index (κ3) is 2.80. The van der Waals surface area contributed by atoms with Crippen molar-refractivity contribution < 1.29 is 4.79 Å². The van der Waals surface area contributed by atoms with E-state index in [9.17, 15) is 4.79 Å². The minimum atomic E-state index is -0.347. The number of carbonyl (C=O) groups excluding carboxylic acids is 1. The van der Waals surface area contributed by atoms with E-state index in [1.165, 1.54) is 12.3 Å². The van der Waals surface area contributed by atoms with Crippen molar-refractivity contribution in [3.63, 3.8) is 0 Å². The van der Waals surface area contributed by atoms with Crippen molar-refractivity contribution in [1.29, 1.82) is 0 Å². The minimum Gasteiger partial charge on any atom is -0.319 e. The summed E-state index contributed by atoms with van der Waals surface area (Å²) in [6.07, 6.45) is 4.64. The van der Waals surface area contributed by atoms with E-state index >= 15 is 0 Å². The van der Waals surface area contributed by atoms with Crippen molar-refractivity contribution in [3.8, 4) is 0 Å². The van der Waals surface area contributed by atoms with Gasteiger partial charge in [-0.05, 0) is 13.0 Å². The molecule has 5 nitrogen and oxygen atoms in total.